The van der Waals surface area contributed by atoms with Crippen LogP contribution in [0.5, 0.6) is 0 Å². The van der Waals surface area contributed by atoms with Crippen molar-refractivity contribution < 1.29 is 61.8 Å². The Kier molecular flexibility index (Phi) is 37.6. The van der Waals surface area contributed by atoms with Crippen molar-refractivity contribution in [1.29, 1.82) is 0 Å². The number of ether oxygens (including phenoxy) is 10. The SMILES string of the molecule is COCCOCCOCCOCCOCCOCCOCCOCCOCCOCCC(=O)NCCCC[C@H](NC(=O)CCC(C)C)C(=O)C(C)C. The molecule has 15 nitrogen and oxygen atoms in total. The number of unbranched alkanes of at least 4 members (excludes halogenated alkanes) is 1. The van der Waals surface area contributed by atoms with E-state index >= 15 is 0 Å². The van der Waals surface area contributed by atoms with Crippen LogP contribution in [0.2, 0.25) is 0 Å². The number of carbonyl (C=O) groups excluding carboxylic acids is 3. The summed E-state index contributed by atoms with van der Waals surface area (Å²) in [7, 11) is 1.64. The van der Waals surface area contributed by atoms with Crippen LogP contribution >= 0.6 is 0 Å². The number of amides is 2. The van der Waals surface area contributed by atoms with Crippen LogP contribution < -0.4 is 10.6 Å². The standard InChI is InChI=1S/C37H72N2O13/c1-32(2)9-10-36(41)39-34(37(42)33(3)4)8-6-7-12-38-35(40)11-13-44-16-17-46-20-21-48-24-25-50-28-29-52-31-30-51-27-26-49-23-22-47-19-18-45-15-14-43-5/h32-34H,6-31H2,1-5H3,(H,38,40)(H,39,41)/t34-/m0/s1. The molecule has 0 saturated carbocycles. The minimum Gasteiger partial charge on any atom is -0.382 e. The van der Waals surface area contributed by atoms with Gasteiger partial charge in [-0.1, -0.05) is 27.7 Å². The van der Waals surface area contributed by atoms with Crippen LogP contribution in [0.1, 0.15) is 66.2 Å². The molecule has 0 bridgehead atoms. The third-order valence-corrected chi connectivity index (χ3v) is 7.32. The largest absolute Gasteiger partial charge is 0.382 e. The lowest BCUT2D eigenvalue weighted by Crippen LogP contribution is -2.42. The maximum Gasteiger partial charge on any atom is 0.222 e. The number of nitrogens with one attached hydrogen (secondary N) is 2. The molecular formula is C37H72N2O13. The summed E-state index contributed by atoms with van der Waals surface area (Å²) >= 11 is 0. The second-order valence-electron chi connectivity index (χ2n) is 12.7. The second kappa shape index (κ2) is 38.9. The third kappa shape index (κ3) is 36.6. The summed E-state index contributed by atoms with van der Waals surface area (Å²) in [6.45, 7) is 17.6. The van der Waals surface area contributed by atoms with Crippen molar-refractivity contribution in [1.82, 2.24) is 10.6 Å². The second-order valence-corrected chi connectivity index (χ2v) is 12.7. The van der Waals surface area contributed by atoms with Crippen molar-refractivity contribution in [2.45, 2.75) is 72.3 Å². The van der Waals surface area contributed by atoms with Crippen LogP contribution in [0.25, 0.3) is 0 Å². The lowest BCUT2D eigenvalue weighted by molar-refractivity contribution is -0.129. The van der Waals surface area contributed by atoms with Crippen molar-refractivity contribution >= 4 is 17.6 Å². The van der Waals surface area contributed by atoms with Gasteiger partial charge in [0.2, 0.25) is 11.8 Å². The van der Waals surface area contributed by atoms with Gasteiger partial charge in [-0.2, -0.15) is 0 Å². The van der Waals surface area contributed by atoms with Gasteiger partial charge in [0, 0.05) is 32.4 Å². The van der Waals surface area contributed by atoms with Gasteiger partial charge in [0.25, 0.3) is 0 Å². The Balaban J connectivity index is 3.42. The number of rotatable bonds is 41. The monoisotopic (exact) mass is 753 g/mol. The van der Waals surface area contributed by atoms with Gasteiger partial charge in [-0.15, -0.1) is 0 Å². The number of Topliss-reactive ketones (excluding diaryl/α,β-unsaturated/α-hetero) is 1. The first-order valence-electron chi connectivity index (χ1n) is 19.1. The Morgan fingerprint density at radius 3 is 1.21 bits per heavy atom. The normalized spacial score (nSPS) is 12.1. The summed E-state index contributed by atoms with van der Waals surface area (Å²) in [6.07, 6.45) is 3.52. The molecule has 0 fully saturated rings. The Bertz CT molecular complexity index is 820. The maximum absolute atomic E-state index is 12.5. The van der Waals surface area contributed by atoms with E-state index in [2.05, 4.69) is 24.5 Å². The fourth-order valence-corrected chi connectivity index (χ4v) is 4.33. The first-order chi connectivity index (χ1) is 25.3. The summed E-state index contributed by atoms with van der Waals surface area (Å²) < 4.78 is 53.9. The average molecular weight is 753 g/mol. The van der Waals surface area contributed by atoms with E-state index in [4.69, 9.17) is 47.4 Å². The molecule has 52 heavy (non-hydrogen) atoms. The molecular weight excluding hydrogens is 680 g/mol. The highest BCUT2D eigenvalue weighted by Gasteiger charge is 2.22. The van der Waals surface area contributed by atoms with Gasteiger partial charge in [-0.25, -0.2) is 0 Å². The molecule has 0 radical (unpaired) electrons. The molecule has 0 aromatic carbocycles. The van der Waals surface area contributed by atoms with Crippen LogP contribution in [-0.2, 0) is 61.8 Å². The van der Waals surface area contributed by atoms with Gasteiger partial charge in [0.1, 0.15) is 0 Å². The van der Waals surface area contributed by atoms with Crippen molar-refractivity contribution in [2.75, 3.05) is 139 Å². The van der Waals surface area contributed by atoms with Gasteiger partial charge < -0.3 is 58.0 Å². The molecule has 0 aromatic rings. The Labute approximate surface area is 313 Å². The summed E-state index contributed by atoms with van der Waals surface area (Å²) in [5, 5.41) is 5.79. The lowest BCUT2D eigenvalue weighted by atomic mass is 9.96. The van der Waals surface area contributed by atoms with Crippen molar-refractivity contribution in [3.05, 3.63) is 0 Å². The summed E-state index contributed by atoms with van der Waals surface area (Å²) in [5.41, 5.74) is 0. The van der Waals surface area contributed by atoms with E-state index in [0.717, 1.165) is 19.3 Å². The Hall–Kier alpha value is -1.79. The Morgan fingerprint density at radius 1 is 0.462 bits per heavy atom. The minimum atomic E-state index is -0.474. The molecule has 0 saturated heterocycles. The predicted octanol–water partition coefficient (Wildman–Crippen LogP) is 2.60. The van der Waals surface area contributed by atoms with E-state index < -0.39 is 6.04 Å². The molecule has 2 N–H and O–H groups in total. The lowest BCUT2D eigenvalue weighted by Gasteiger charge is -2.20. The molecule has 1 atom stereocenters. The number of carbonyl (C=O) groups is 3. The molecule has 308 valence electrons. The highest BCUT2D eigenvalue weighted by molar-refractivity contribution is 5.90. The summed E-state index contributed by atoms with van der Waals surface area (Å²) in [6, 6.07) is -0.474. The van der Waals surface area contributed by atoms with Crippen molar-refractivity contribution in [3.63, 3.8) is 0 Å². The van der Waals surface area contributed by atoms with Crippen molar-refractivity contribution in [2.24, 2.45) is 11.8 Å². The molecule has 0 heterocycles. The van der Waals surface area contributed by atoms with Gasteiger partial charge >= 0.3 is 0 Å². The fraction of sp³-hybridized carbons (Fsp3) is 0.919. The third-order valence-electron chi connectivity index (χ3n) is 7.32. The molecule has 0 aliphatic heterocycles. The summed E-state index contributed by atoms with van der Waals surface area (Å²) in [5.74, 6) is 0.177. The van der Waals surface area contributed by atoms with Gasteiger partial charge in [0.05, 0.1) is 132 Å². The molecule has 0 aromatic heterocycles. The van der Waals surface area contributed by atoms with Gasteiger partial charge in [-0.05, 0) is 31.6 Å². The first kappa shape index (κ1) is 50.2. The van der Waals surface area contributed by atoms with Gasteiger partial charge in [-0.3, -0.25) is 14.4 Å². The number of ketones is 1. The smallest absolute Gasteiger partial charge is 0.222 e. The quantitative estimate of drug-likeness (QED) is 0.0876. The minimum absolute atomic E-state index is 0.0474. The highest BCUT2D eigenvalue weighted by atomic mass is 16.6. The fourth-order valence-electron chi connectivity index (χ4n) is 4.33. The van der Waals surface area contributed by atoms with E-state index in [9.17, 15) is 14.4 Å². The van der Waals surface area contributed by atoms with Crippen LogP contribution in [0.3, 0.4) is 0 Å². The van der Waals surface area contributed by atoms with Gasteiger partial charge in [0.15, 0.2) is 5.78 Å². The molecule has 2 amide bonds. The molecule has 0 aliphatic carbocycles. The molecule has 15 heteroatoms. The number of hydrogen-bond acceptors (Lipinski definition) is 13. The molecule has 0 unspecified atom stereocenters. The van der Waals surface area contributed by atoms with E-state index in [0.29, 0.717) is 151 Å². The molecule has 0 rings (SSSR count). The zero-order chi connectivity index (χ0) is 38.3. The van der Waals surface area contributed by atoms with Crippen LogP contribution in [-0.4, -0.2) is 163 Å². The van der Waals surface area contributed by atoms with Crippen molar-refractivity contribution in [3.8, 4) is 0 Å². The van der Waals surface area contributed by atoms with E-state index in [-0.39, 0.29) is 29.9 Å². The van der Waals surface area contributed by atoms with E-state index in [1.807, 2.05) is 13.8 Å². The average Bonchev–Trinajstić information content (AvgIpc) is 3.12. The maximum atomic E-state index is 12.5. The highest BCUT2D eigenvalue weighted by Crippen LogP contribution is 2.10. The molecule has 0 aliphatic rings. The molecule has 0 spiro atoms. The van der Waals surface area contributed by atoms with Crippen LogP contribution in [0.4, 0.5) is 0 Å². The zero-order valence-electron chi connectivity index (χ0n) is 32.9. The zero-order valence-corrected chi connectivity index (χ0v) is 32.9. The first-order valence-corrected chi connectivity index (χ1v) is 19.1. The number of hydrogen-bond donors (Lipinski definition) is 2. The van der Waals surface area contributed by atoms with Crippen LogP contribution in [0.15, 0.2) is 0 Å². The van der Waals surface area contributed by atoms with E-state index in [1.165, 1.54) is 0 Å². The Morgan fingerprint density at radius 2 is 0.846 bits per heavy atom. The number of methoxy groups -OCH3 is 1. The predicted molar refractivity (Wildman–Crippen MR) is 197 cm³/mol. The summed E-state index contributed by atoms with van der Waals surface area (Å²) in [4.78, 5) is 36.9. The van der Waals surface area contributed by atoms with E-state index in [1.54, 1.807) is 7.11 Å². The topological polar surface area (TPSA) is 168 Å². The van der Waals surface area contributed by atoms with Crippen LogP contribution in [0, 0.1) is 11.8 Å².